The zero-order valence-corrected chi connectivity index (χ0v) is 12.9. The molecule has 0 aliphatic carbocycles. The highest BCUT2D eigenvalue weighted by Gasteiger charge is 2.20. The molecule has 112 valence electrons. The minimum Gasteiger partial charge on any atom is -0.489 e. The number of amides is 1. The van der Waals surface area contributed by atoms with Gasteiger partial charge in [0.1, 0.15) is 12.4 Å². The van der Waals surface area contributed by atoms with Crippen LogP contribution < -0.4 is 9.46 Å². The first-order valence-corrected chi connectivity index (χ1v) is 8.00. The molecule has 0 saturated carbocycles. The van der Waals surface area contributed by atoms with Crippen LogP contribution in [0.4, 0.5) is 0 Å². The topological polar surface area (TPSA) is 55.4 Å². The SMILES string of the molecule is Cc1ccccc1COc1ccc(C2=CC(=O)NS2=O)cc1. The van der Waals surface area contributed by atoms with Gasteiger partial charge in [0.2, 0.25) is 0 Å². The van der Waals surface area contributed by atoms with Crippen LogP contribution in [-0.2, 0) is 22.4 Å². The van der Waals surface area contributed by atoms with Crippen molar-refractivity contribution in [2.24, 2.45) is 0 Å². The molecule has 1 aliphatic rings. The molecule has 0 bridgehead atoms. The van der Waals surface area contributed by atoms with Gasteiger partial charge in [-0.1, -0.05) is 36.4 Å². The lowest BCUT2D eigenvalue weighted by atomic mass is 10.1. The Labute approximate surface area is 131 Å². The minimum absolute atomic E-state index is 0.326. The van der Waals surface area contributed by atoms with Crippen LogP contribution in [0, 0.1) is 6.92 Å². The molecule has 5 heteroatoms. The van der Waals surface area contributed by atoms with Crippen LogP contribution in [0.3, 0.4) is 0 Å². The molecule has 0 fully saturated rings. The van der Waals surface area contributed by atoms with Crippen LogP contribution in [0.15, 0.2) is 54.6 Å². The second kappa shape index (κ2) is 6.15. The lowest BCUT2D eigenvalue weighted by Gasteiger charge is -2.09. The van der Waals surface area contributed by atoms with E-state index < -0.39 is 11.0 Å². The monoisotopic (exact) mass is 313 g/mol. The summed E-state index contributed by atoms with van der Waals surface area (Å²) in [5.74, 6) is 0.406. The molecule has 1 N–H and O–H groups in total. The minimum atomic E-state index is -1.46. The van der Waals surface area contributed by atoms with Crippen molar-refractivity contribution in [3.63, 3.8) is 0 Å². The highest BCUT2D eigenvalue weighted by Crippen LogP contribution is 2.24. The van der Waals surface area contributed by atoms with E-state index in [0.29, 0.717) is 11.5 Å². The molecule has 2 aromatic rings. The van der Waals surface area contributed by atoms with Gasteiger partial charge in [-0.25, -0.2) is 4.21 Å². The molecule has 1 atom stereocenters. The van der Waals surface area contributed by atoms with Crippen molar-refractivity contribution in [2.45, 2.75) is 13.5 Å². The number of hydrogen-bond acceptors (Lipinski definition) is 3. The van der Waals surface area contributed by atoms with Crippen molar-refractivity contribution < 1.29 is 13.7 Å². The van der Waals surface area contributed by atoms with Gasteiger partial charge in [-0.15, -0.1) is 0 Å². The molecular formula is C17H15NO3S. The van der Waals surface area contributed by atoms with Crippen molar-refractivity contribution >= 4 is 21.8 Å². The molecule has 4 nitrogen and oxygen atoms in total. The number of carbonyl (C=O) groups is 1. The van der Waals surface area contributed by atoms with Gasteiger partial charge in [-0.2, -0.15) is 0 Å². The Morgan fingerprint density at radius 3 is 2.45 bits per heavy atom. The highest BCUT2D eigenvalue weighted by molar-refractivity contribution is 7.93. The lowest BCUT2D eigenvalue weighted by molar-refractivity contribution is -0.114. The van der Waals surface area contributed by atoms with Crippen LogP contribution in [0.1, 0.15) is 16.7 Å². The predicted octanol–water partition coefficient (Wildman–Crippen LogP) is 2.71. The van der Waals surface area contributed by atoms with E-state index in [2.05, 4.69) is 4.72 Å². The van der Waals surface area contributed by atoms with E-state index in [0.717, 1.165) is 16.9 Å². The summed E-state index contributed by atoms with van der Waals surface area (Å²) >= 11 is 0. The summed E-state index contributed by atoms with van der Waals surface area (Å²) in [6, 6.07) is 15.3. The maximum atomic E-state index is 11.7. The Hall–Kier alpha value is -2.40. The first-order valence-electron chi connectivity index (χ1n) is 6.85. The van der Waals surface area contributed by atoms with Gasteiger partial charge in [-0.3, -0.25) is 9.52 Å². The summed E-state index contributed by atoms with van der Waals surface area (Å²) in [5, 5.41) is 0. The molecular weight excluding hydrogens is 298 g/mol. The molecule has 1 unspecified atom stereocenters. The molecule has 3 rings (SSSR count). The van der Waals surface area contributed by atoms with E-state index in [1.807, 2.05) is 43.3 Å². The third-order valence-corrected chi connectivity index (χ3v) is 4.59. The zero-order valence-electron chi connectivity index (χ0n) is 12.0. The van der Waals surface area contributed by atoms with Gasteiger partial charge in [-0.05, 0) is 35.7 Å². The highest BCUT2D eigenvalue weighted by atomic mass is 32.2. The van der Waals surface area contributed by atoms with Gasteiger partial charge < -0.3 is 4.74 Å². The van der Waals surface area contributed by atoms with Crippen LogP contribution in [0.2, 0.25) is 0 Å². The Morgan fingerprint density at radius 1 is 1.09 bits per heavy atom. The molecule has 0 radical (unpaired) electrons. The fourth-order valence-corrected chi connectivity index (χ4v) is 3.10. The average Bonchev–Trinajstić information content (AvgIpc) is 2.86. The smallest absolute Gasteiger partial charge is 0.257 e. The maximum absolute atomic E-state index is 11.7. The van der Waals surface area contributed by atoms with Crippen molar-refractivity contribution in [3.8, 4) is 5.75 Å². The van der Waals surface area contributed by atoms with Crippen LogP contribution in [0.5, 0.6) is 5.75 Å². The molecule has 0 aromatic heterocycles. The molecule has 1 amide bonds. The van der Waals surface area contributed by atoms with E-state index in [1.165, 1.54) is 11.6 Å². The summed E-state index contributed by atoms with van der Waals surface area (Å²) in [4.78, 5) is 11.7. The van der Waals surface area contributed by atoms with Crippen molar-refractivity contribution in [1.82, 2.24) is 4.72 Å². The first kappa shape index (κ1) is 14.5. The lowest BCUT2D eigenvalue weighted by Crippen LogP contribution is -2.16. The average molecular weight is 313 g/mol. The summed E-state index contributed by atoms with van der Waals surface area (Å²) < 4.78 is 19.8. The normalized spacial score (nSPS) is 17.0. The van der Waals surface area contributed by atoms with Crippen LogP contribution in [0.25, 0.3) is 4.91 Å². The summed E-state index contributed by atoms with van der Waals surface area (Å²) in [5.41, 5.74) is 3.08. The number of carbonyl (C=O) groups excluding carboxylic acids is 1. The van der Waals surface area contributed by atoms with Crippen LogP contribution in [-0.4, -0.2) is 10.1 Å². The molecule has 2 aromatic carbocycles. The number of ether oxygens (including phenoxy) is 1. The van der Waals surface area contributed by atoms with Crippen LogP contribution >= 0.6 is 0 Å². The predicted molar refractivity (Wildman–Crippen MR) is 86.2 cm³/mol. The Balaban J connectivity index is 1.70. The largest absolute Gasteiger partial charge is 0.489 e. The number of nitrogens with one attached hydrogen (secondary N) is 1. The second-order valence-corrected chi connectivity index (χ2v) is 6.16. The second-order valence-electron chi connectivity index (χ2n) is 4.98. The Morgan fingerprint density at radius 2 is 1.82 bits per heavy atom. The number of rotatable bonds is 4. The number of hydrogen-bond donors (Lipinski definition) is 1. The van der Waals surface area contributed by atoms with Gasteiger partial charge in [0.25, 0.3) is 5.91 Å². The third-order valence-electron chi connectivity index (χ3n) is 3.45. The van der Waals surface area contributed by atoms with Crippen molar-refractivity contribution in [3.05, 3.63) is 71.3 Å². The van der Waals surface area contributed by atoms with Crippen molar-refractivity contribution in [2.75, 3.05) is 0 Å². The van der Waals surface area contributed by atoms with E-state index in [-0.39, 0.29) is 5.91 Å². The molecule has 1 heterocycles. The van der Waals surface area contributed by atoms with Gasteiger partial charge in [0.15, 0.2) is 11.0 Å². The van der Waals surface area contributed by atoms with E-state index in [4.69, 9.17) is 4.74 Å². The quantitative estimate of drug-likeness (QED) is 0.944. The summed E-state index contributed by atoms with van der Waals surface area (Å²) in [6.45, 7) is 2.55. The fraction of sp³-hybridized carbons (Fsp3) is 0.118. The van der Waals surface area contributed by atoms with Gasteiger partial charge >= 0.3 is 0 Å². The molecule has 0 spiro atoms. The molecule has 22 heavy (non-hydrogen) atoms. The summed E-state index contributed by atoms with van der Waals surface area (Å²) in [7, 11) is -1.46. The number of aryl methyl sites for hydroxylation is 1. The van der Waals surface area contributed by atoms with E-state index in [9.17, 15) is 9.00 Å². The molecule has 0 saturated heterocycles. The number of benzene rings is 2. The zero-order chi connectivity index (χ0) is 15.5. The van der Waals surface area contributed by atoms with Crippen molar-refractivity contribution in [1.29, 1.82) is 0 Å². The summed E-state index contributed by atoms with van der Waals surface area (Å²) in [6.07, 6.45) is 1.36. The Bertz CT molecular complexity index is 766. The third kappa shape index (κ3) is 3.09. The van der Waals surface area contributed by atoms with E-state index >= 15 is 0 Å². The molecule has 1 aliphatic heterocycles. The van der Waals surface area contributed by atoms with E-state index in [1.54, 1.807) is 12.1 Å². The Kier molecular flexibility index (Phi) is 4.06. The van der Waals surface area contributed by atoms with Gasteiger partial charge in [0.05, 0.1) is 4.91 Å². The maximum Gasteiger partial charge on any atom is 0.257 e. The fourth-order valence-electron chi connectivity index (χ4n) is 2.19. The first-order chi connectivity index (χ1) is 10.6. The van der Waals surface area contributed by atoms with Gasteiger partial charge in [0, 0.05) is 6.08 Å². The standard InChI is InChI=1S/C17H15NO3S/c1-12-4-2-3-5-14(12)11-21-15-8-6-13(7-9-15)16-10-17(19)18-22(16)20/h2-10H,11H2,1H3,(H,18,19).